The van der Waals surface area contributed by atoms with Gasteiger partial charge in [0.05, 0.1) is 0 Å². The first-order chi connectivity index (χ1) is 11.6. The Morgan fingerprint density at radius 1 is 1.16 bits per heavy atom. The van der Waals surface area contributed by atoms with Gasteiger partial charge in [0.2, 0.25) is 5.91 Å². The zero-order chi connectivity index (χ0) is 18.9. The summed E-state index contributed by atoms with van der Waals surface area (Å²) in [5.74, 6) is 0.0195. The lowest BCUT2D eigenvalue weighted by Crippen LogP contribution is -2.45. The number of piperidine rings is 1. The first kappa shape index (κ1) is 19.2. The van der Waals surface area contributed by atoms with Gasteiger partial charge in [-0.25, -0.2) is 0 Å². The van der Waals surface area contributed by atoms with Crippen LogP contribution in [0.5, 0.6) is 0 Å². The number of aromatic nitrogens is 1. The first-order valence-electron chi connectivity index (χ1n) is 8.91. The van der Waals surface area contributed by atoms with Crippen molar-refractivity contribution in [2.24, 2.45) is 5.92 Å². The van der Waals surface area contributed by atoms with Gasteiger partial charge in [-0.15, -0.1) is 0 Å². The smallest absolute Gasteiger partial charge is 0.270 e. The second kappa shape index (κ2) is 7.42. The number of aryl methyl sites for hydroxylation is 1. The molecule has 2 amide bonds. The molecule has 0 aliphatic carbocycles. The van der Waals surface area contributed by atoms with Crippen LogP contribution in [0.3, 0.4) is 0 Å². The molecule has 1 fully saturated rings. The van der Waals surface area contributed by atoms with Crippen molar-refractivity contribution in [2.45, 2.75) is 53.5 Å². The van der Waals surface area contributed by atoms with E-state index in [1.807, 2.05) is 27.8 Å². The molecular formula is C19H29N3O3. The van der Waals surface area contributed by atoms with E-state index in [2.05, 4.69) is 4.98 Å². The maximum atomic E-state index is 12.8. The molecule has 1 saturated heterocycles. The molecule has 0 atom stereocenters. The van der Waals surface area contributed by atoms with E-state index in [-0.39, 0.29) is 29.6 Å². The molecule has 1 aliphatic heterocycles. The molecule has 2 rings (SSSR count). The number of nitrogens with zero attached hydrogens (tertiary/aromatic N) is 2. The van der Waals surface area contributed by atoms with Crippen molar-refractivity contribution in [3.8, 4) is 0 Å². The normalized spacial score (nSPS) is 15.6. The van der Waals surface area contributed by atoms with E-state index in [0.717, 1.165) is 5.69 Å². The highest BCUT2D eigenvalue weighted by Gasteiger charge is 2.31. The van der Waals surface area contributed by atoms with E-state index < -0.39 is 0 Å². The Labute approximate surface area is 149 Å². The number of hydrogen-bond donors (Lipinski definition) is 1. The lowest BCUT2D eigenvalue weighted by Gasteiger charge is -2.34. The molecular weight excluding hydrogens is 318 g/mol. The molecule has 0 saturated carbocycles. The fourth-order valence-electron chi connectivity index (χ4n) is 3.52. The molecule has 1 aromatic heterocycles. The van der Waals surface area contributed by atoms with Crippen molar-refractivity contribution in [3.63, 3.8) is 0 Å². The van der Waals surface area contributed by atoms with Gasteiger partial charge in [0, 0.05) is 43.4 Å². The van der Waals surface area contributed by atoms with Crippen LogP contribution in [0.15, 0.2) is 0 Å². The van der Waals surface area contributed by atoms with Crippen LogP contribution in [-0.2, 0) is 4.79 Å². The molecule has 0 spiro atoms. The van der Waals surface area contributed by atoms with Crippen molar-refractivity contribution < 1.29 is 14.4 Å². The topological polar surface area (TPSA) is 73.5 Å². The predicted octanol–water partition coefficient (Wildman–Crippen LogP) is 2.55. The van der Waals surface area contributed by atoms with Crippen molar-refractivity contribution in [1.82, 2.24) is 14.8 Å². The minimum Gasteiger partial charge on any atom is -0.354 e. The molecule has 0 bridgehead atoms. The Morgan fingerprint density at radius 2 is 1.72 bits per heavy atom. The van der Waals surface area contributed by atoms with E-state index in [9.17, 15) is 14.4 Å². The van der Waals surface area contributed by atoms with Gasteiger partial charge in [0.25, 0.3) is 5.91 Å². The largest absolute Gasteiger partial charge is 0.354 e. The third kappa shape index (κ3) is 3.78. The van der Waals surface area contributed by atoms with Crippen molar-refractivity contribution in [1.29, 1.82) is 0 Å². The highest BCUT2D eigenvalue weighted by Crippen LogP contribution is 2.24. The van der Waals surface area contributed by atoms with Gasteiger partial charge >= 0.3 is 0 Å². The minimum atomic E-state index is -0.0868. The van der Waals surface area contributed by atoms with Gasteiger partial charge in [-0.1, -0.05) is 0 Å². The van der Waals surface area contributed by atoms with E-state index in [4.69, 9.17) is 0 Å². The zero-order valence-corrected chi connectivity index (χ0v) is 16.1. The number of H-pyrrole nitrogens is 1. The summed E-state index contributed by atoms with van der Waals surface area (Å²) < 4.78 is 0. The van der Waals surface area contributed by atoms with Crippen LogP contribution < -0.4 is 0 Å². The maximum absolute atomic E-state index is 12.8. The molecule has 0 aromatic carbocycles. The Balaban J connectivity index is 2.06. The van der Waals surface area contributed by atoms with Crippen molar-refractivity contribution in [3.05, 3.63) is 22.5 Å². The minimum absolute atomic E-state index is 0.0179. The highest BCUT2D eigenvalue weighted by molar-refractivity contribution is 6.02. The summed E-state index contributed by atoms with van der Waals surface area (Å²) in [6.07, 6.45) is 1.36. The summed E-state index contributed by atoms with van der Waals surface area (Å²) in [6, 6.07) is 0.182. The number of carbonyl (C=O) groups excluding carboxylic acids is 3. The van der Waals surface area contributed by atoms with Crippen LogP contribution in [-0.4, -0.2) is 58.6 Å². The molecule has 1 aromatic rings. The van der Waals surface area contributed by atoms with Gasteiger partial charge in [-0.2, -0.15) is 0 Å². The number of nitrogens with one attached hydrogen (secondary N) is 1. The Hall–Kier alpha value is -2.11. The number of ketones is 1. The fraction of sp³-hybridized carbons (Fsp3) is 0.632. The van der Waals surface area contributed by atoms with Crippen LogP contribution in [0.1, 0.15) is 65.7 Å². The number of likely N-dealkylation sites (tertiary alicyclic amines) is 1. The molecule has 25 heavy (non-hydrogen) atoms. The van der Waals surface area contributed by atoms with Gasteiger partial charge in [0.1, 0.15) is 5.69 Å². The molecule has 0 radical (unpaired) electrons. The van der Waals surface area contributed by atoms with E-state index >= 15 is 0 Å². The summed E-state index contributed by atoms with van der Waals surface area (Å²) >= 11 is 0. The lowest BCUT2D eigenvalue weighted by atomic mass is 9.94. The van der Waals surface area contributed by atoms with E-state index in [1.54, 1.807) is 16.7 Å². The fourth-order valence-corrected chi connectivity index (χ4v) is 3.52. The molecule has 6 heteroatoms. The predicted molar refractivity (Wildman–Crippen MR) is 96.8 cm³/mol. The second-order valence-electron chi connectivity index (χ2n) is 7.29. The zero-order valence-electron chi connectivity index (χ0n) is 16.1. The average Bonchev–Trinajstić information content (AvgIpc) is 2.87. The molecule has 138 valence electrons. The van der Waals surface area contributed by atoms with Crippen LogP contribution in [0.2, 0.25) is 0 Å². The van der Waals surface area contributed by atoms with Crippen molar-refractivity contribution >= 4 is 17.6 Å². The average molecular weight is 347 g/mol. The molecule has 2 heterocycles. The Morgan fingerprint density at radius 3 is 2.16 bits per heavy atom. The monoisotopic (exact) mass is 347 g/mol. The van der Waals surface area contributed by atoms with E-state index in [1.165, 1.54) is 6.92 Å². The second-order valence-corrected chi connectivity index (χ2v) is 7.29. The summed E-state index contributed by atoms with van der Waals surface area (Å²) in [4.78, 5) is 43.6. The third-order valence-corrected chi connectivity index (χ3v) is 5.26. The third-order valence-electron chi connectivity index (χ3n) is 5.26. The molecule has 1 aliphatic rings. The maximum Gasteiger partial charge on any atom is 0.270 e. The summed E-state index contributed by atoms with van der Waals surface area (Å²) in [5.41, 5.74) is 2.54. The van der Waals surface area contributed by atoms with Gasteiger partial charge < -0.3 is 14.8 Å². The Kier molecular flexibility index (Phi) is 5.70. The summed E-state index contributed by atoms with van der Waals surface area (Å²) in [5, 5.41) is 0. The number of Topliss-reactive ketones (excluding diaryl/α,β-unsaturated/α-hetero) is 1. The lowest BCUT2D eigenvalue weighted by molar-refractivity contribution is -0.137. The quantitative estimate of drug-likeness (QED) is 0.851. The van der Waals surface area contributed by atoms with Crippen LogP contribution >= 0.6 is 0 Å². The van der Waals surface area contributed by atoms with E-state index in [0.29, 0.717) is 42.8 Å². The summed E-state index contributed by atoms with van der Waals surface area (Å²) in [7, 11) is 1.83. The highest BCUT2D eigenvalue weighted by atomic mass is 16.2. The number of carbonyl (C=O) groups is 3. The van der Waals surface area contributed by atoms with Crippen molar-refractivity contribution in [2.75, 3.05) is 20.1 Å². The molecule has 1 N–H and O–H groups in total. The Bertz CT molecular complexity index is 682. The van der Waals surface area contributed by atoms with Crippen LogP contribution in [0.25, 0.3) is 0 Å². The van der Waals surface area contributed by atoms with Crippen LogP contribution in [0, 0.1) is 19.8 Å². The number of rotatable bonds is 4. The standard InChI is InChI=1S/C19H29N3O3/c1-11(2)21(6)18(24)15-7-9-22(10-8-15)19(25)17-12(3)16(14(5)23)13(4)20-17/h11,15,20H,7-10H2,1-6H3. The van der Waals surface area contributed by atoms with Crippen LogP contribution in [0.4, 0.5) is 0 Å². The number of hydrogen-bond acceptors (Lipinski definition) is 3. The summed E-state index contributed by atoms with van der Waals surface area (Å²) in [6.45, 7) is 10.3. The molecule has 0 unspecified atom stereocenters. The molecule has 6 nitrogen and oxygen atoms in total. The SMILES string of the molecule is CC(=O)c1c(C)[nH]c(C(=O)N2CCC(C(=O)N(C)C(C)C)CC2)c1C. The number of amides is 2. The van der Waals surface area contributed by atoms with Gasteiger partial charge in [0.15, 0.2) is 5.78 Å². The van der Waals surface area contributed by atoms with Gasteiger partial charge in [-0.3, -0.25) is 14.4 Å². The van der Waals surface area contributed by atoms with Gasteiger partial charge in [-0.05, 0) is 53.0 Å². The first-order valence-corrected chi connectivity index (χ1v) is 8.91. The number of aromatic amines is 1.